The van der Waals surface area contributed by atoms with Crippen LogP contribution in [0.25, 0.3) is 0 Å². The fourth-order valence-electron chi connectivity index (χ4n) is 4.38. The maximum Gasteiger partial charge on any atom is 0.252 e. The number of methoxy groups -OCH3 is 1. The first-order chi connectivity index (χ1) is 14.2. The first kappa shape index (κ1) is 22.1. The molecular weight excluding hydrogens is 402 g/mol. The fourth-order valence-corrected chi connectivity index (χ4v) is 4.38. The van der Waals surface area contributed by atoms with Crippen LogP contribution in [0.2, 0.25) is 0 Å². The first-order valence-electron chi connectivity index (χ1n) is 10.2. The van der Waals surface area contributed by atoms with Crippen LogP contribution >= 0.6 is 12.4 Å². The van der Waals surface area contributed by atoms with Crippen LogP contribution in [0.1, 0.15) is 41.2 Å². The van der Waals surface area contributed by atoms with E-state index in [0.717, 1.165) is 37.9 Å². The van der Waals surface area contributed by atoms with Crippen molar-refractivity contribution < 1.29 is 14.3 Å². The van der Waals surface area contributed by atoms with Crippen molar-refractivity contribution in [2.75, 3.05) is 20.2 Å². The monoisotopic (exact) mass is 429 g/mol. The Kier molecular flexibility index (Phi) is 7.34. The van der Waals surface area contributed by atoms with Gasteiger partial charge in [-0.1, -0.05) is 30.3 Å². The van der Waals surface area contributed by atoms with Gasteiger partial charge >= 0.3 is 0 Å². The van der Waals surface area contributed by atoms with Crippen LogP contribution in [0.4, 0.5) is 0 Å². The van der Waals surface area contributed by atoms with Crippen molar-refractivity contribution in [1.82, 2.24) is 15.5 Å². The van der Waals surface area contributed by atoms with E-state index in [1.165, 1.54) is 0 Å². The molecule has 2 aromatic carbocycles. The van der Waals surface area contributed by atoms with Crippen LogP contribution in [0.3, 0.4) is 0 Å². The van der Waals surface area contributed by atoms with Crippen LogP contribution in [-0.4, -0.2) is 49.0 Å². The summed E-state index contributed by atoms with van der Waals surface area (Å²) >= 11 is 0. The summed E-state index contributed by atoms with van der Waals surface area (Å²) in [6.45, 7) is 1.75. The lowest BCUT2D eigenvalue weighted by molar-refractivity contribution is -0.136. The van der Waals surface area contributed by atoms with E-state index in [2.05, 4.69) is 10.6 Å². The van der Waals surface area contributed by atoms with E-state index in [-0.39, 0.29) is 36.3 Å². The molecular formula is C23H28ClN3O3. The van der Waals surface area contributed by atoms with Gasteiger partial charge in [0.05, 0.1) is 7.11 Å². The van der Waals surface area contributed by atoms with E-state index in [4.69, 9.17) is 4.74 Å². The SMILES string of the molecule is COc1ccc(C(=O)NC(C(=O)N2C3CCNCC2CC3)c2ccccc2)cc1.Cl. The van der Waals surface area contributed by atoms with Crippen molar-refractivity contribution in [2.24, 2.45) is 0 Å². The summed E-state index contributed by atoms with van der Waals surface area (Å²) in [5, 5.41) is 6.41. The summed E-state index contributed by atoms with van der Waals surface area (Å²) in [6, 6.07) is 16.1. The van der Waals surface area contributed by atoms with Gasteiger partial charge in [-0.15, -0.1) is 12.4 Å². The maximum absolute atomic E-state index is 13.6. The molecule has 160 valence electrons. The molecule has 0 aromatic heterocycles. The zero-order valence-corrected chi connectivity index (χ0v) is 17.9. The third-order valence-corrected chi connectivity index (χ3v) is 5.92. The van der Waals surface area contributed by atoms with Gasteiger partial charge in [0.2, 0.25) is 5.91 Å². The Hall–Kier alpha value is -2.57. The molecule has 2 heterocycles. The molecule has 2 aliphatic rings. The summed E-state index contributed by atoms with van der Waals surface area (Å²) in [6.07, 6.45) is 3.00. The highest BCUT2D eigenvalue weighted by atomic mass is 35.5. The van der Waals surface area contributed by atoms with E-state index < -0.39 is 6.04 Å². The molecule has 7 heteroatoms. The number of hydrogen-bond donors (Lipinski definition) is 2. The summed E-state index contributed by atoms with van der Waals surface area (Å²) in [5.74, 6) is 0.398. The Labute approximate surface area is 183 Å². The second kappa shape index (κ2) is 9.96. The Morgan fingerprint density at radius 3 is 2.43 bits per heavy atom. The van der Waals surface area contributed by atoms with Crippen molar-refractivity contribution in [3.05, 3.63) is 65.7 Å². The fraction of sp³-hybridized carbons (Fsp3) is 0.391. The third-order valence-electron chi connectivity index (χ3n) is 5.92. The molecule has 3 atom stereocenters. The quantitative estimate of drug-likeness (QED) is 0.766. The number of amides is 2. The third kappa shape index (κ3) is 4.60. The standard InChI is InChI=1S/C23H27N3O3.ClH/c1-29-20-11-7-17(8-12-20)22(27)25-21(16-5-3-2-4-6-16)23(28)26-18-9-10-19(26)15-24-14-13-18;/h2-8,11-12,18-19,21,24H,9-10,13-15H2,1H3,(H,25,27);1H. The van der Waals surface area contributed by atoms with Gasteiger partial charge in [-0.25, -0.2) is 0 Å². The summed E-state index contributed by atoms with van der Waals surface area (Å²) in [5.41, 5.74) is 1.30. The lowest BCUT2D eigenvalue weighted by atomic mass is 10.0. The minimum absolute atomic E-state index is 0. The number of nitrogens with zero attached hydrogens (tertiary/aromatic N) is 1. The number of rotatable bonds is 5. The number of hydrogen-bond acceptors (Lipinski definition) is 4. The molecule has 2 aliphatic heterocycles. The van der Waals surface area contributed by atoms with Gasteiger partial charge in [0.15, 0.2) is 0 Å². The molecule has 2 saturated heterocycles. The Morgan fingerprint density at radius 2 is 1.73 bits per heavy atom. The minimum atomic E-state index is -0.702. The number of halogens is 1. The van der Waals surface area contributed by atoms with Crippen molar-refractivity contribution >= 4 is 24.2 Å². The molecule has 4 rings (SSSR count). The van der Waals surface area contributed by atoms with Crippen molar-refractivity contribution in [1.29, 1.82) is 0 Å². The van der Waals surface area contributed by atoms with Gasteiger partial charge in [-0.2, -0.15) is 0 Å². The van der Waals surface area contributed by atoms with Crippen molar-refractivity contribution in [3.8, 4) is 5.75 Å². The van der Waals surface area contributed by atoms with E-state index in [9.17, 15) is 9.59 Å². The van der Waals surface area contributed by atoms with E-state index in [1.807, 2.05) is 35.2 Å². The molecule has 2 aromatic rings. The number of carbonyl (C=O) groups is 2. The number of nitrogens with one attached hydrogen (secondary N) is 2. The predicted octanol–water partition coefficient (Wildman–Crippen LogP) is 2.94. The van der Waals surface area contributed by atoms with Gasteiger partial charge < -0.3 is 20.3 Å². The number of carbonyl (C=O) groups excluding carboxylic acids is 2. The highest BCUT2D eigenvalue weighted by Gasteiger charge is 2.41. The highest BCUT2D eigenvalue weighted by Crippen LogP contribution is 2.31. The Bertz CT molecular complexity index is 846. The number of ether oxygens (including phenoxy) is 1. The Morgan fingerprint density at radius 1 is 1.03 bits per heavy atom. The molecule has 0 spiro atoms. The average Bonchev–Trinajstić information content (AvgIpc) is 3.04. The first-order valence-corrected chi connectivity index (χ1v) is 10.2. The lowest BCUT2D eigenvalue weighted by Crippen LogP contribution is -2.48. The normalized spacial score (nSPS) is 21.2. The molecule has 30 heavy (non-hydrogen) atoms. The van der Waals surface area contributed by atoms with E-state index in [0.29, 0.717) is 11.3 Å². The molecule has 2 N–H and O–H groups in total. The van der Waals surface area contributed by atoms with Crippen LogP contribution in [-0.2, 0) is 4.79 Å². The largest absolute Gasteiger partial charge is 0.497 e. The second-order valence-electron chi connectivity index (χ2n) is 7.67. The zero-order chi connectivity index (χ0) is 20.2. The molecule has 3 unspecified atom stereocenters. The zero-order valence-electron chi connectivity index (χ0n) is 17.0. The maximum atomic E-state index is 13.6. The summed E-state index contributed by atoms with van der Waals surface area (Å²) < 4.78 is 5.16. The van der Waals surface area contributed by atoms with Crippen LogP contribution < -0.4 is 15.4 Å². The number of fused-ring (bicyclic) bond motifs is 2. The molecule has 0 radical (unpaired) electrons. The molecule has 2 amide bonds. The molecule has 6 nitrogen and oxygen atoms in total. The van der Waals surface area contributed by atoms with Crippen LogP contribution in [0.5, 0.6) is 5.75 Å². The molecule has 2 fully saturated rings. The predicted molar refractivity (Wildman–Crippen MR) is 118 cm³/mol. The van der Waals surface area contributed by atoms with Crippen LogP contribution in [0.15, 0.2) is 54.6 Å². The van der Waals surface area contributed by atoms with E-state index >= 15 is 0 Å². The summed E-state index contributed by atoms with van der Waals surface area (Å²) in [7, 11) is 1.59. The second-order valence-corrected chi connectivity index (χ2v) is 7.67. The van der Waals surface area contributed by atoms with Gasteiger partial charge in [0.1, 0.15) is 11.8 Å². The lowest BCUT2D eigenvalue weighted by Gasteiger charge is -2.32. The minimum Gasteiger partial charge on any atom is -0.497 e. The average molecular weight is 430 g/mol. The van der Waals surface area contributed by atoms with Gasteiger partial charge in [0.25, 0.3) is 5.91 Å². The van der Waals surface area contributed by atoms with Gasteiger partial charge in [-0.3, -0.25) is 9.59 Å². The topological polar surface area (TPSA) is 70.7 Å². The molecule has 0 aliphatic carbocycles. The molecule has 2 bridgehead atoms. The van der Waals surface area contributed by atoms with Gasteiger partial charge in [-0.05, 0) is 55.6 Å². The summed E-state index contributed by atoms with van der Waals surface area (Å²) in [4.78, 5) is 28.6. The van der Waals surface area contributed by atoms with Crippen molar-refractivity contribution in [3.63, 3.8) is 0 Å². The smallest absolute Gasteiger partial charge is 0.252 e. The van der Waals surface area contributed by atoms with Crippen LogP contribution in [0, 0.1) is 0 Å². The number of benzene rings is 2. The highest BCUT2D eigenvalue weighted by molar-refractivity contribution is 5.98. The van der Waals surface area contributed by atoms with Crippen molar-refractivity contribution in [2.45, 2.75) is 37.4 Å². The Balaban J connectivity index is 0.00000256. The van der Waals surface area contributed by atoms with Gasteiger partial charge in [0, 0.05) is 24.2 Å². The molecule has 0 saturated carbocycles. The van der Waals surface area contributed by atoms with E-state index in [1.54, 1.807) is 31.4 Å².